The van der Waals surface area contributed by atoms with Gasteiger partial charge < -0.3 is 19.7 Å². The van der Waals surface area contributed by atoms with Crippen molar-refractivity contribution < 1.29 is 19.1 Å². The van der Waals surface area contributed by atoms with Crippen molar-refractivity contribution in [3.05, 3.63) is 29.3 Å². The van der Waals surface area contributed by atoms with Gasteiger partial charge in [-0.05, 0) is 49.9 Å². The quantitative estimate of drug-likeness (QED) is 0.840. The summed E-state index contributed by atoms with van der Waals surface area (Å²) in [5.74, 6) is -0.386. The number of nitrogens with one attached hydrogen (secondary N) is 1. The van der Waals surface area contributed by atoms with Crippen molar-refractivity contribution in [2.45, 2.75) is 39.2 Å². The lowest BCUT2D eigenvalue weighted by atomic mass is 10.1. The van der Waals surface area contributed by atoms with Gasteiger partial charge in [0.2, 0.25) is 0 Å². The van der Waals surface area contributed by atoms with E-state index < -0.39 is 0 Å². The van der Waals surface area contributed by atoms with Crippen LogP contribution in [0, 0.1) is 6.92 Å². The third kappa shape index (κ3) is 4.71. The molecule has 1 N–H and O–H groups in total. The molecule has 132 valence electrons. The van der Waals surface area contributed by atoms with Crippen LogP contribution in [0.15, 0.2) is 18.2 Å². The number of aryl methyl sites for hydroxylation is 1. The minimum absolute atomic E-state index is 0.118. The lowest BCUT2D eigenvalue weighted by Gasteiger charge is -2.32. The number of amides is 2. The highest BCUT2D eigenvalue weighted by Gasteiger charge is 2.24. The molecule has 1 aromatic carbocycles. The smallest absolute Gasteiger partial charge is 0.337 e. The molecule has 1 saturated heterocycles. The highest BCUT2D eigenvalue weighted by Crippen LogP contribution is 2.19. The van der Waals surface area contributed by atoms with E-state index in [1.165, 1.54) is 7.11 Å². The van der Waals surface area contributed by atoms with Gasteiger partial charge in [0.1, 0.15) is 0 Å². The number of esters is 1. The standard InChI is InChI=1S/C18H26N2O4/c1-4-10-24-15-6-5-9-20(12-15)18(22)19-16-8-7-14(11-13(16)2)17(21)23-3/h7-8,11,15H,4-6,9-10,12H2,1-3H3,(H,19,22)/t15-/m0/s1. The number of ether oxygens (including phenoxy) is 2. The van der Waals surface area contributed by atoms with Crippen molar-refractivity contribution in [3.63, 3.8) is 0 Å². The van der Waals surface area contributed by atoms with Crippen molar-refractivity contribution in [1.82, 2.24) is 4.90 Å². The number of likely N-dealkylation sites (tertiary alicyclic amines) is 1. The number of urea groups is 1. The first-order valence-electron chi connectivity index (χ1n) is 8.41. The number of hydrogen-bond acceptors (Lipinski definition) is 4. The molecule has 6 heteroatoms. The van der Waals surface area contributed by atoms with E-state index in [9.17, 15) is 9.59 Å². The first-order chi connectivity index (χ1) is 11.5. The van der Waals surface area contributed by atoms with Gasteiger partial charge in [-0.3, -0.25) is 0 Å². The second-order valence-corrected chi connectivity index (χ2v) is 6.03. The minimum atomic E-state index is -0.386. The van der Waals surface area contributed by atoms with E-state index in [1.54, 1.807) is 23.1 Å². The van der Waals surface area contributed by atoms with Gasteiger partial charge in [0.15, 0.2) is 0 Å². The number of carbonyl (C=O) groups excluding carboxylic acids is 2. The second-order valence-electron chi connectivity index (χ2n) is 6.03. The SMILES string of the molecule is CCCO[C@H]1CCCN(C(=O)Nc2ccc(C(=O)OC)cc2C)C1. The van der Waals surface area contributed by atoms with Crippen LogP contribution in [0.1, 0.15) is 42.1 Å². The molecule has 0 spiro atoms. The fraction of sp³-hybridized carbons (Fsp3) is 0.556. The molecule has 24 heavy (non-hydrogen) atoms. The summed E-state index contributed by atoms with van der Waals surface area (Å²) in [6.45, 7) is 6.01. The highest BCUT2D eigenvalue weighted by atomic mass is 16.5. The van der Waals surface area contributed by atoms with E-state index >= 15 is 0 Å². The number of piperidine rings is 1. The molecule has 0 aromatic heterocycles. The molecule has 1 atom stereocenters. The Morgan fingerprint density at radius 2 is 2.17 bits per heavy atom. The summed E-state index contributed by atoms with van der Waals surface area (Å²) in [7, 11) is 1.35. The number of methoxy groups -OCH3 is 1. The zero-order valence-corrected chi connectivity index (χ0v) is 14.6. The Bertz CT molecular complexity index is 588. The zero-order chi connectivity index (χ0) is 17.5. The molecule has 1 heterocycles. The van der Waals surface area contributed by atoms with Crippen LogP contribution in [0.25, 0.3) is 0 Å². The van der Waals surface area contributed by atoms with Crippen molar-refractivity contribution in [1.29, 1.82) is 0 Å². The molecular formula is C18H26N2O4. The van der Waals surface area contributed by atoms with Crippen LogP contribution in [0.5, 0.6) is 0 Å². The molecule has 1 fully saturated rings. The van der Waals surface area contributed by atoms with Crippen LogP contribution in [0.4, 0.5) is 10.5 Å². The van der Waals surface area contributed by atoms with Crippen molar-refractivity contribution in [3.8, 4) is 0 Å². The Hall–Kier alpha value is -2.08. The zero-order valence-electron chi connectivity index (χ0n) is 14.6. The molecule has 1 aliphatic rings. The maximum Gasteiger partial charge on any atom is 0.337 e. The van der Waals surface area contributed by atoms with Gasteiger partial charge in [-0.1, -0.05) is 6.92 Å². The summed E-state index contributed by atoms with van der Waals surface area (Å²) >= 11 is 0. The largest absolute Gasteiger partial charge is 0.465 e. The normalized spacial score (nSPS) is 17.5. The van der Waals surface area contributed by atoms with Crippen LogP contribution in [-0.2, 0) is 9.47 Å². The number of carbonyl (C=O) groups is 2. The molecule has 0 bridgehead atoms. The maximum atomic E-state index is 12.5. The fourth-order valence-electron chi connectivity index (χ4n) is 2.79. The summed E-state index contributed by atoms with van der Waals surface area (Å²) < 4.78 is 10.5. The molecule has 2 rings (SSSR count). The molecule has 0 radical (unpaired) electrons. The molecule has 6 nitrogen and oxygen atoms in total. The van der Waals surface area contributed by atoms with Crippen LogP contribution < -0.4 is 5.32 Å². The van der Waals surface area contributed by atoms with Gasteiger partial charge in [0.05, 0.1) is 18.8 Å². The summed E-state index contributed by atoms with van der Waals surface area (Å²) in [6.07, 6.45) is 3.04. The van der Waals surface area contributed by atoms with Crippen LogP contribution in [0.2, 0.25) is 0 Å². The number of hydrogen-bond donors (Lipinski definition) is 1. The average molecular weight is 334 g/mol. The Morgan fingerprint density at radius 3 is 2.83 bits per heavy atom. The third-order valence-electron chi connectivity index (χ3n) is 4.11. The fourth-order valence-corrected chi connectivity index (χ4v) is 2.79. The lowest BCUT2D eigenvalue weighted by molar-refractivity contribution is 0.0115. The van der Waals surface area contributed by atoms with Gasteiger partial charge in [0.25, 0.3) is 0 Å². The molecule has 2 amide bonds. The summed E-state index contributed by atoms with van der Waals surface area (Å²) in [4.78, 5) is 25.8. The van der Waals surface area contributed by atoms with E-state index in [4.69, 9.17) is 9.47 Å². The topological polar surface area (TPSA) is 67.9 Å². The average Bonchev–Trinajstić information content (AvgIpc) is 2.61. The molecule has 1 aliphatic heterocycles. The van der Waals surface area contributed by atoms with Crippen molar-refractivity contribution >= 4 is 17.7 Å². The van der Waals surface area contributed by atoms with Gasteiger partial charge in [0, 0.05) is 25.4 Å². The summed E-state index contributed by atoms with van der Waals surface area (Å²) in [6, 6.07) is 4.96. The Balaban J connectivity index is 1.97. The maximum absolute atomic E-state index is 12.5. The van der Waals surface area contributed by atoms with Gasteiger partial charge >= 0.3 is 12.0 Å². The summed E-state index contributed by atoms with van der Waals surface area (Å²) in [5.41, 5.74) is 1.99. The van der Waals surface area contributed by atoms with E-state index in [-0.39, 0.29) is 18.1 Å². The second kappa shape index (κ2) is 8.68. The molecule has 0 aliphatic carbocycles. The predicted octanol–water partition coefficient (Wildman–Crippen LogP) is 3.20. The van der Waals surface area contributed by atoms with Gasteiger partial charge in [-0.2, -0.15) is 0 Å². The monoisotopic (exact) mass is 334 g/mol. The number of benzene rings is 1. The first-order valence-corrected chi connectivity index (χ1v) is 8.41. The lowest BCUT2D eigenvalue weighted by Crippen LogP contribution is -2.45. The molecular weight excluding hydrogens is 308 g/mol. The minimum Gasteiger partial charge on any atom is -0.465 e. The number of nitrogens with zero attached hydrogens (tertiary/aromatic N) is 1. The number of rotatable bonds is 5. The van der Waals surface area contributed by atoms with Crippen LogP contribution in [0.3, 0.4) is 0 Å². The Kier molecular flexibility index (Phi) is 6.61. The van der Waals surface area contributed by atoms with E-state index in [1.807, 2.05) is 6.92 Å². The predicted molar refractivity (Wildman–Crippen MR) is 92.4 cm³/mol. The Morgan fingerprint density at radius 1 is 1.38 bits per heavy atom. The molecule has 0 unspecified atom stereocenters. The number of anilines is 1. The van der Waals surface area contributed by atoms with E-state index in [0.29, 0.717) is 17.8 Å². The van der Waals surface area contributed by atoms with Crippen molar-refractivity contribution in [2.24, 2.45) is 0 Å². The van der Waals surface area contributed by atoms with E-state index in [2.05, 4.69) is 12.2 Å². The third-order valence-corrected chi connectivity index (χ3v) is 4.11. The molecule has 1 aromatic rings. The van der Waals surface area contributed by atoms with Crippen molar-refractivity contribution in [2.75, 3.05) is 32.1 Å². The van der Waals surface area contributed by atoms with Gasteiger partial charge in [-0.15, -0.1) is 0 Å². The summed E-state index contributed by atoms with van der Waals surface area (Å²) in [5, 5.41) is 2.92. The first kappa shape index (κ1) is 18.3. The van der Waals surface area contributed by atoms with Crippen LogP contribution in [-0.4, -0.2) is 49.8 Å². The van der Waals surface area contributed by atoms with Gasteiger partial charge in [-0.25, -0.2) is 9.59 Å². The highest BCUT2D eigenvalue weighted by molar-refractivity contribution is 5.93. The molecule has 0 saturated carbocycles. The Labute approximate surface area is 143 Å². The van der Waals surface area contributed by atoms with E-state index in [0.717, 1.165) is 38.0 Å². The van der Waals surface area contributed by atoms with Crippen LogP contribution >= 0.6 is 0 Å².